The van der Waals surface area contributed by atoms with Crippen LogP contribution >= 0.6 is 0 Å². The van der Waals surface area contributed by atoms with Crippen molar-refractivity contribution in [1.29, 1.82) is 0 Å². The molecule has 0 heterocycles. The number of aryl methyl sites for hydroxylation is 2. The minimum absolute atomic E-state index is 0.140. The number of hydrogen-bond acceptors (Lipinski definition) is 3. The summed E-state index contributed by atoms with van der Waals surface area (Å²) in [7, 11) is 0. The van der Waals surface area contributed by atoms with Crippen LogP contribution < -0.4 is 5.32 Å². The zero-order chi connectivity index (χ0) is 15.9. The van der Waals surface area contributed by atoms with E-state index in [0.717, 1.165) is 16.7 Å². The second-order valence-electron chi connectivity index (χ2n) is 5.19. The van der Waals surface area contributed by atoms with Crippen LogP contribution in [0.1, 0.15) is 27.0 Å². The van der Waals surface area contributed by atoms with Crippen LogP contribution in [0.4, 0.5) is 0 Å². The lowest BCUT2D eigenvalue weighted by Crippen LogP contribution is -2.30. The van der Waals surface area contributed by atoms with Gasteiger partial charge in [-0.2, -0.15) is 0 Å². The molecule has 2 rings (SSSR count). The fraction of sp³-hybridized carbons (Fsp3) is 0.222. The standard InChI is InChI=1S/C18H19NO3/c1-13-3-7-15(8-4-13)12-22-17(20)11-19-18(21)16-9-5-14(2)6-10-16/h3-10H,11-12H2,1-2H3,(H,19,21). The van der Waals surface area contributed by atoms with Gasteiger partial charge in [-0.25, -0.2) is 0 Å². The first kappa shape index (κ1) is 15.8. The van der Waals surface area contributed by atoms with E-state index < -0.39 is 5.97 Å². The Morgan fingerprint density at radius 1 is 0.909 bits per heavy atom. The maximum atomic E-state index is 11.9. The Morgan fingerprint density at radius 3 is 2.05 bits per heavy atom. The molecule has 2 aromatic carbocycles. The Hall–Kier alpha value is -2.62. The quantitative estimate of drug-likeness (QED) is 0.863. The van der Waals surface area contributed by atoms with E-state index in [-0.39, 0.29) is 19.1 Å². The van der Waals surface area contributed by atoms with Crippen molar-refractivity contribution < 1.29 is 14.3 Å². The molecule has 4 heteroatoms. The van der Waals surface area contributed by atoms with E-state index >= 15 is 0 Å². The van der Waals surface area contributed by atoms with E-state index in [1.807, 2.05) is 50.2 Å². The molecule has 0 saturated heterocycles. The minimum atomic E-state index is -0.457. The highest BCUT2D eigenvalue weighted by Crippen LogP contribution is 2.05. The molecule has 0 radical (unpaired) electrons. The number of rotatable bonds is 5. The molecule has 0 unspecified atom stereocenters. The van der Waals surface area contributed by atoms with E-state index in [0.29, 0.717) is 5.56 Å². The number of carbonyl (C=O) groups is 2. The number of amides is 1. The van der Waals surface area contributed by atoms with Gasteiger partial charge in [0.2, 0.25) is 0 Å². The zero-order valence-electron chi connectivity index (χ0n) is 12.8. The highest BCUT2D eigenvalue weighted by atomic mass is 16.5. The van der Waals surface area contributed by atoms with Gasteiger partial charge >= 0.3 is 5.97 Å². The predicted molar refractivity (Wildman–Crippen MR) is 84.5 cm³/mol. The summed E-state index contributed by atoms with van der Waals surface area (Å²) in [4.78, 5) is 23.5. The Kier molecular flexibility index (Phi) is 5.31. The van der Waals surface area contributed by atoms with Crippen molar-refractivity contribution in [2.75, 3.05) is 6.54 Å². The summed E-state index contributed by atoms with van der Waals surface area (Å²) in [5, 5.41) is 2.55. The molecule has 0 aliphatic heterocycles. The lowest BCUT2D eigenvalue weighted by atomic mass is 10.1. The van der Waals surface area contributed by atoms with Gasteiger partial charge in [-0.05, 0) is 31.5 Å². The van der Waals surface area contributed by atoms with Crippen LogP contribution in [0.25, 0.3) is 0 Å². The van der Waals surface area contributed by atoms with Crippen LogP contribution in [0, 0.1) is 13.8 Å². The lowest BCUT2D eigenvalue weighted by Gasteiger charge is -2.07. The zero-order valence-corrected chi connectivity index (χ0v) is 12.8. The van der Waals surface area contributed by atoms with E-state index in [4.69, 9.17) is 4.74 Å². The third-order valence-electron chi connectivity index (χ3n) is 3.23. The summed E-state index contributed by atoms with van der Waals surface area (Å²) in [6.45, 7) is 4.01. The number of nitrogens with one attached hydrogen (secondary N) is 1. The number of hydrogen-bond donors (Lipinski definition) is 1. The van der Waals surface area contributed by atoms with Crippen LogP contribution in [0.15, 0.2) is 48.5 Å². The second-order valence-corrected chi connectivity index (χ2v) is 5.19. The topological polar surface area (TPSA) is 55.4 Å². The molecule has 0 aliphatic carbocycles. The number of ether oxygens (including phenoxy) is 1. The molecular weight excluding hydrogens is 278 g/mol. The Bertz CT molecular complexity index is 645. The maximum absolute atomic E-state index is 11.9. The summed E-state index contributed by atoms with van der Waals surface area (Å²) in [6, 6.07) is 14.9. The van der Waals surface area contributed by atoms with Gasteiger partial charge in [0, 0.05) is 5.56 Å². The minimum Gasteiger partial charge on any atom is -0.460 e. The normalized spacial score (nSPS) is 10.1. The summed E-state index contributed by atoms with van der Waals surface area (Å²) >= 11 is 0. The Balaban J connectivity index is 1.76. The van der Waals surface area contributed by atoms with Crippen molar-refractivity contribution >= 4 is 11.9 Å². The summed E-state index contributed by atoms with van der Waals surface area (Å²) in [6.07, 6.45) is 0. The molecule has 0 fully saturated rings. The van der Waals surface area contributed by atoms with Crippen molar-refractivity contribution in [1.82, 2.24) is 5.32 Å². The molecular formula is C18H19NO3. The summed E-state index contributed by atoms with van der Waals surface area (Å²) in [5.41, 5.74) is 3.68. The van der Waals surface area contributed by atoms with E-state index in [1.165, 1.54) is 0 Å². The van der Waals surface area contributed by atoms with Crippen LogP contribution in [0.3, 0.4) is 0 Å². The maximum Gasteiger partial charge on any atom is 0.325 e. The van der Waals surface area contributed by atoms with Gasteiger partial charge in [-0.1, -0.05) is 47.5 Å². The Labute approximate surface area is 130 Å². The lowest BCUT2D eigenvalue weighted by molar-refractivity contribution is -0.143. The van der Waals surface area contributed by atoms with Gasteiger partial charge in [0.05, 0.1) is 0 Å². The number of carbonyl (C=O) groups excluding carboxylic acids is 2. The van der Waals surface area contributed by atoms with E-state index in [1.54, 1.807) is 12.1 Å². The summed E-state index contributed by atoms with van der Waals surface area (Å²) < 4.78 is 5.12. The third-order valence-corrected chi connectivity index (χ3v) is 3.23. The average molecular weight is 297 g/mol. The van der Waals surface area contributed by atoms with Gasteiger partial charge in [-0.15, -0.1) is 0 Å². The first-order valence-corrected chi connectivity index (χ1v) is 7.10. The van der Waals surface area contributed by atoms with Crippen molar-refractivity contribution in [3.63, 3.8) is 0 Å². The molecule has 4 nitrogen and oxygen atoms in total. The van der Waals surface area contributed by atoms with Crippen molar-refractivity contribution in [3.05, 3.63) is 70.8 Å². The van der Waals surface area contributed by atoms with Crippen LogP contribution in [0.2, 0.25) is 0 Å². The highest BCUT2D eigenvalue weighted by molar-refractivity contribution is 5.95. The van der Waals surface area contributed by atoms with E-state index in [9.17, 15) is 9.59 Å². The van der Waals surface area contributed by atoms with Gasteiger partial charge in [0.1, 0.15) is 13.2 Å². The molecule has 1 N–H and O–H groups in total. The SMILES string of the molecule is Cc1ccc(COC(=O)CNC(=O)c2ccc(C)cc2)cc1. The summed E-state index contributed by atoms with van der Waals surface area (Å²) in [5.74, 6) is -0.742. The first-order chi connectivity index (χ1) is 10.5. The van der Waals surface area contributed by atoms with Crippen molar-refractivity contribution in [2.45, 2.75) is 20.5 Å². The van der Waals surface area contributed by atoms with Crippen LogP contribution in [0.5, 0.6) is 0 Å². The first-order valence-electron chi connectivity index (χ1n) is 7.10. The van der Waals surface area contributed by atoms with Gasteiger partial charge in [0.15, 0.2) is 0 Å². The smallest absolute Gasteiger partial charge is 0.325 e. The van der Waals surface area contributed by atoms with Crippen molar-refractivity contribution in [3.8, 4) is 0 Å². The molecule has 1 amide bonds. The average Bonchev–Trinajstić information content (AvgIpc) is 2.52. The predicted octanol–water partition coefficient (Wildman–Crippen LogP) is 2.78. The highest BCUT2D eigenvalue weighted by Gasteiger charge is 2.08. The molecule has 114 valence electrons. The molecule has 0 aliphatic rings. The molecule has 22 heavy (non-hydrogen) atoms. The molecule has 2 aromatic rings. The third kappa shape index (κ3) is 4.74. The van der Waals surface area contributed by atoms with Crippen LogP contribution in [-0.2, 0) is 16.1 Å². The molecule has 0 atom stereocenters. The molecule has 0 saturated carbocycles. The molecule has 0 aromatic heterocycles. The number of esters is 1. The monoisotopic (exact) mass is 297 g/mol. The molecule has 0 spiro atoms. The van der Waals surface area contributed by atoms with E-state index in [2.05, 4.69) is 5.32 Å². The van der Waals surface area contributed by atoms with Crippen LogP contribution in [-0.4, -0.2) is 18.4 Å². The fourth-order valence-corrected chi connectivity index (χ4v) is 1.86. The van der Waals surface area contributed by atoms with Gasteiger partial charge < -0.3 is 10.1 Å². The van der Waals surface area contributed by atoms with Gasteiger partial charge in [0.25, 0.3) is 5.91 Å². The Morgan fingerprint density at radius 2 is 1.45 bits per heavy atom. The fourth-order valence-electron chi connectivity index (χ4n) is 1.86. The second kappa shape index (κ2) is 7.41. The largest absolute Gasteiger partial charge is 0.460 e. The number of benzene rings is 2. The van der Waals surface area contributed by atoms with Crippen molar-refractivity contribution in [2.24, 2.45) is 0 Å². The van der Waals surface area contributed by atoms with Gasteiger partial charge in [-0.3, -0.25) is 9.59 Å². The molecule has 0 bridgehead atoms.